The highest BCUT2D eigenvalue weighted by molar-refractivity contribution is 6.09. The highest BCUT2D eigenvalue weighted by Crippen LogP contribution is 2.38. The van der Waals surface area contributed by atoms with Crippen molar-refractivity contribution in [1.82, 2.24) is 15.1 Å². The van der Waals surface area contributed by atoms with E-state index in [0.717, 1.165) is 35.3 Å². The number of carbonyl (C=O) groups is 3. The lowest BCUT2D eigenvalue weighted by Gasteiger charge is -2.27. The molecule has 1 atom stereocenters. The molecular weight excluding hydrogens is 332 g/mol. The highest BCUT2D eigenvalue weighted by Gasteiger charge is 2.53. The second-order valence-corrected chi connectivity index (χ2v) is 6.81. The topological polar surface area (TPSA) is 93.5 Å². The number of aryl methyl sites for hydroxylation is 1. The number of benzene rings is 1. The van der Waals surface area contributed by atoms with Gasteiger partial charge in [0.05, 0.1) is 12.5 Å². The normalized spacial score (nSPS) is 21.8. The first kappa shape index (κ1) is 17.9. The molecule has 1 aromatic rings. The average molecular weight is 354 g/mol. The van der Waals surface area contributed by atoms with Crippen molar-refractivity contribution in [2.24, 2.45) is 0 Å². The van der Waals surface area contributed by atoms with E-state index in [1.807, 2.05) is 30.3 Å². The standard InChI is InChI=1S/C19H22N4O3/c1-22(12-6-11-20)16(24)13-23-17(25)19(21-18(23)26)10-5-4-8-14-7-2-3-9-15(14)19/h2-3,7,9H,4-6,8,10,12-13H2,1H3,(H,21,26). The van der Waals surface area contributed by atoms with E-state index >= 15 is 0 Å². The zero-order chi connectivity index (χ0) is 18.7. The second-order valence-electron chi connectivity index (χ2n) is 6.81. The fourth-order valence-electron chi connectivity index (χ4n) is 3.72. The zero-order valence-electron chi connectivity index (χ0n) is 14.8. The van der Waals surface area contributed by atoms with E-state index in [0.29, 0.717) is 6.42 Å². The molecule has 1 unspecified atom stereocenters. The Morgan fingerprint density at radius 1 is 1.35 bits per heavy atom. The van der Waals surface area contributed by atoms with Gasteiger partial charge in [-0.1, -0.05) is 24.3 Å². The minimum Gasteiger partial charge on any atom is -0.343 e. The molecule has 1 fully saturated rings. The van der Waals surface area contributed by atoms with Crippen molar-refractivity contribution in [1.29, 1.82) is 5.26 Å². The van der Waals surface area contributed by atoms with Crippen LogP contribution in [-0.2, 0) is 21.5 Å². The molecule has 1 heterocycles. The third-order valence-corrected chi connectivity index (χ3v) is 5.18. The predicted molar refractivity (Wildman–Crippen MR) is 93.8 cm³/mol. The van der Waals surface area contributed by atoms with Crippen LogP contribution in [0, 0.1) is 11.3 Å². The Morgan fingerprint density at radius 3 is 2.88 bits per heavy atom. The molecule has 4 amide bonds. The van der Waals surface area contributed by atoms with Gasteiger partial charge >= 0.3 is 6.03 Å². The van der Waals surface area contributed by atoms with E-state index in [-0.39, 0.29) is 31.3 Å². The number of nitrogens with one attached hydrogen (secondary N) is 1. The maximum Gasteiger partial charge on any atom is 0.325 e. The summed E-state index contributed by atoms with van der Waals surface area (Å²) in [6, 6.07) is 9.13. The van der Waals surface area contributed by atoms with Crippen LogP contribution in [0.5, 0.6) is 0 Å². The van der Waals surface area contributed by atoms with Crippen LogP contribution in [0.25, 0.3) is 0 Å². The molecule has 1 saturated heterocycles. The quantitative estimate of drug-likeness (QED) is 0.830. The van der Waals surface area contributed by atoms with Crippen molar-refractivity contribution in [2.45, 2.75) is 37.6 Å². The van der Waals surface area contributed by atoms with Crippen molar-refractivity contribution in [3.63, 3.8) is 0 Å². The van der Waals surface area contributed by atoms with Crippen molar-refractivity contribution >= 4 is 17.8 Å². The van der Waals surface area contributed by atoms with Gasteiger partial charge in [-0.25, -0.2) is 4.79 Å². The minimum absolute atomic E-state index is 0.208. The van der Waals surface area contributed by atoms with Crippen LogP contribution in [0.4, 0.5) is 4.79 Å². The molecule has 136 valence electrons. The summed E-state index contributed by atoms with van der Waals surface area (Å²) in [7, 11) is 1.56. The average Bonchev–Trinajstić information content (AvgIpc) is 2.78. The van der Waals surface area contributed by atoms with E-state index in [9.17, 15) is 14.4 Å². The molecule has 1 N–H and O–H groups in total. The van der Waals surface area contributed by atoms with Crippen molar-refractivity contribution in [3.05, 3.63) is 35.4 Å². The molecular formula is C19H22N4O3. The Morgan fingerprint density at radius 2 is 2.12 bits per heavy atom. The highest BCUT2D eigenvalue weighted by atomic mass is 16.2. The SMILES string of the molecule is CN(CCC#N)C(=O)CN1C(=O)NC2(CCCCc3ccccc32)C1=O. The minimum atomic E-state index is -1.07. The summed E-state index contributed by atoms with van der Waals surface area (Å²) in [6.07, 6.45) is 3.39. The summed E-state index contributed by atoms with van der Waals surface area (Å²) in [5, 5.41) is 11.5. The summed E-state index contributed by atoms with van der Waals surface area (Å²) < 4.78 is 0. The number of likely N-dealkylation sites (N-methyl/N-ethyl adjacent to an activating group) is 1. The summed E-state index contributed by atoms with van der Waals surface area (Å²) in [5.41, 5.74) is 0.831. The lowest BCUT2D eigenvalue weighted by Crippen LogP contribution is -2.45. The number of nitriles is 1. The van der Waals surface area contributed by atoms with Gasteiger partial charge in [-0.3, -0.25) is 14.5 Å². The molecule has 0 bridgehead atoms. The number of fused-ring (bicyclic) bond motifs is 2. The molecule has 0 aromatic heterocycles. The number of hydrogen-bond acceptors (Lipinski definition) is 4. The fraction of sp³-hybridized carbons (Fsp3) is 0.474. The van der Waals surface area contributed by atoms with Crippen LogP contribution in [-0.4, -0.2) is 47.8 Å². The predicted octanol–water partition coefficient (Wildman–Crippen LogP) is 1.53. The first-order valence-corrected chi connectivity index (χ1v) is 8.83. The fourth-order valence-corrected chi connectivity index (χ4v) is 3.72. The van der Waals surface area contributed by atoms with Crippen molar-refractivity contribution in [2.75, 3.05) is 20.1 Å². The van der Waals surface area contributed by atoms with E-state index < -0.39 is 11.6 Å². The summed E-state index contributed by atoms with van der Waals surface area (Å²) in [4.78, 5) is 40.4. The molecule has 0 radical (unpaired) electrons. The molecule has 7 nitrogen and oxygen atoms in total. The van der Waals surface area contributed by atoms with Crippen LogP contribution in [0.3, 0.4) is 0 Å². The smallest absolute Gasteiger partial charge is 0.325 e. The zero-order valence-corrected chi connectivity index (χ0v) is 14.8. The lowest BCUT2D eigenvalue weighted by molar-refractivity contribution is -0.138. The number of carbonyl (C=O) groups excluding carboxylic acids is 3. The largest absolute Gasteiger partial charge is 0.343 e. The van der Waals surface area contributed by atoms with Crippen LogP contribution in [0.1, 0.15) is 36.8 Å². The van der Waals surface area contributed by atoms with Crippen LogP contribution in [0.2, 0.25) is 0 Å². The molecule has 2 aliphatic rings. The maximum atomic E-state index is 13.2. The molecule has 3 rings (SSSR count). The van der Waals surface area contributed by atoms with Gasteiger partial charge < -0.3 is 10.2 Å². The van der Waals surface area contributed by atoms with Crippen LogP contribution < -0.4 is 5.32 Å². The molecule has 26 heavy (non-hydrogen) atoms. The van der Waals surface area contributed by atoms with E-state index in [1.54, 1.807) is 7.05 Å². The maximum absolute atomic E-state index is 13.2. The van der Waals surface area contributed by atoms with Gasteiger partial charge in [-0.05, 0) is 36.8 Å². The molecule has 7 heteroatoms. The van der Waals surface area contributed by atoms with Gasteiger partial charge in [0.2, 0.25) is 5.91 Å². The molecule has 1 aliphatic heterocycles. The summed E-state index contributed by atoms with van der Waals surface area (Å²) in [6.45, 7) is -0.0382. The lowest BCUT2D eigenvalue weighted by atomic mass is 9.84. The third kappa shape index (κ3) is 3.03. The molecule has 0 saturated carbocycles. The second kappa shape index (κ2) is 7.16. The van der Waals surface area contributed by atoms with E-state index in [4.69, 9.17) is 5.26 Å². The Balaban J connectivity index is 1.85. The number of nitrogens with zero attached hydrogens (tertiary/aromatic N) is 3. The Labute approximate surface area is 152 Å². The van der Waals surface area contributed by atoms with Gasteiger partial charge in [0.25, 0.3) is 5.91 Å². The van der Waals surface area contributed by atoms with E-state index in [1.165, 1.54) is 4.90 Å². The third-order valence-electron chi connectivity index (χ3n) is 5.18. The summed E-state index contributed by atoms with van der Waals surface area (Å²) >= 11 is 0. The number of imide groups is 1. The number of hydrogen-bond donors (Lipinski definition) is 1. The van der Waals surface area contributed by atoms with Gasteiger partial charge in [0.1, 0.15) is 12.1 Å². The number of urea groups is 1. The van der Waals surface area contributed by atoms with Gasteiger partial charge in [0.15, 0.2) is 0 Å². The number of amides is 4. The van der Waals surface area contributed by atoms with Crippen LogP contribution >= 0.6 is 0 Å². The Bertz CT molecular complexity index is 785. The van der Waals surface area contributed by atoms with Crippen molar-refractivity contribution in [3.8, 4) is 6.07 Å². The van der Waals surface area contributed by atoms with Crippen LogP contribution in [0.15, 0.2) is 24.3 Å². The Kier molecular flexibility index (Phi) is 4.94. The number of rotatable bonds is 4. The molecule has 1 aromatic carbocycles. The molecule has 1 aliphatic carbocycles. The van der Waals surface area contributed by atoms with Gasteiger partial charge in [-0.2, -0.15) is 5.26 Å². The van der Waals surface area contributed by atoms with Gasteiger partial charge in [-0.15, -0.1) is 0 Å². The first-order chi connectivity index (χ1) is 12.5. The van der Waals surface area contributed by atoms with E-state index in [2.05, 4.69) is 5.32 Å². The first-order valence-electron chi connectivity index (χ1n) is 8.83. The van der Waals surface area contributed by atoms with Crippen molar-refractivity contribution < 1.29 is 14.4 Å². The Hall–Kier alpha value is -2.88. The van der Waals surface area contributed by atoms with Gasteiger partial charge in [0, 0.05) is 13.6 Å². The molecule has 1 spiro atoms. The summed E-state index contributed by atoms with van der Waals surface area (Å²) in [5.74, 6) is -0.721. The monoisotopic (exact) mass is 354 g/mol.